The average Bonchev–Trinajstić information content (AvgIpc) is 2.37. The molecule has 1 aliphatic rings. The van der Waals surface area contributed by atoms with Crippen LogP contribution in [0.2, 0.25) is 0 Å². The van der Waals surface area contributed by atoms with Crippen LogP contribution in [-0.2, 0) is 0 Å². The smallest absolute Gasteiger partial charge is 0.134 e. The number of benzene rings is 1. The zero-order valence-corrected chi connectivity index (χ0v) is 12.3. The molecule has 2 rings (SSSR count). The Hall–Kier alpha value is -0.360. The van der Waals surface area contributed by atoms with E-state index in [4.69, 9.17) is 0 Å². The van der Waals surface area contributed by atoms with E-state index >= 15 is 0 Å². The number of alkyl halides is 1. The van der Waals surface area contributed by atoms with Gasteiger partial charge >= 0.3 is 0 Å². The molecule has 0 saturated carbocycles. The van der Waals surface area contributed by atoms with E-state index in [1.54, 1.807) is 12.1 Å². The monoisotopic (exact) mass is 338 g/mol. The molecule has 0 unspecified atom stereocenters. The van der Waals surface area contributed by atoms with Crippen LogP contribution in [0.4, 0.5) is 4.39 Å². The number of aromatic hydroxyl groups is 1. The summed E-state index contributed by atoms with van der Waals surface area (Å²) in [6, 6.07) is 5.01. The topological polar surface area (TPSA) is 35.5 Å². The second-order valence-corrected chi connectivity index (χ2v) is 4.99. The number of rotatable bonds is 3. The predicted octanol–water partition coefficient (Wildman–Crippen LogP) is 2.49. The molecule has 1 aliphatic heterocycles. The highest BCUT2D eigenvalue weighted by Gasteiger charge is 2.24. The van der Waals surface area contributed by atoms with Gasteiger partial charge in [-0.15, -0.1) is 12.4 Å². The maximum atomic E-state index is 13.3. The van der Waals surface area contributed by atoms with Gasteiger partial charge in [-0.1, -0.05) is 12.1 Å². The van der Waals surface area contributed by atoms with Crippen LogP contribution in [0.25, 0.3) is 0 Å². The van der Waals surface area contributed by atoms with Crippen molar-refractivity contribution in [3.05, 3.63) is 28.2 Å². The van der Waals surface area contributed by atoms with E-state index in [9.17, 15) is 9.50 Å². The van der Waals surface area contributed by atoms with E-state index in [2.05, 4.69) is 26.1 Å². The molecular formula is C12H17BrClFN2O. The molecule has 1 aromatic carbocycles. The third-order valence-corrected chi connectivity index (χ3v) is 3.76. The fourth-order valence-electron chi connectivity index (χ4n) is 2.17. The minimum Gasteiger partial charge on any atom is -0.506 e. The zero-order valence-electron chi connectivity index (χ0n) is 9.90. The van der Waals surface area contributed by atoms with Crippen molar-refractivity contribution >= 4 is 28.3 Å². The number of hydrogen-bond donors (Lipinski definition) is 2. The summed E-state index contributed by atoms with van der Waals surface area (Å²) in [4.78, 5) is 2.07. The van der Waals surface area contributed by atoms with Crippen molar-refractivity contribution < 1.29 is 9.50 Å². The Bertz CT molecular complexity index is 388. The minimum atomic E-state index is -0.482. The normalized spacial score (nSPS) is 18.1. The van der Waals surface area contributed by atoms with Gasteiger partial charge in [-0.25, -0.2) is 4.39 Å². The van der Waals surface area contributed by atoms with E-state index < -0.39 is 6.67 Å². The lowest BCUT2D eigenvalue weighted by Gasteiger charge is -2.34. The van der Waals surface area contributed by atoms with Gasteiger partial charge in [0.15, 0.2) is 0 Å². The summed E-state index contributed by atoms with van der Waals surface area (Å²) >= 11 is 3.26. The highest BCUT2D eigenvalue weighted by atomic mass is 79.9. The number of nitrogens with zero attached hydrogens (tertiary/aromatic N) is 1. The fraction of sp³-hybridized carbons (Fsp3) is 0.500. The van der Waals surface area contributed by atoms with Crippen LogP contribution in [0, 0.1) is 0 Å². The Kier molecular flexibility index (Phi) is 6.35. The number of halogens is 3. The van der Waals surface area contributed by atoms with Crippen molar-refractivity contribution in [2.75, 3.05) is 32.9 Å². The maximum absolute atomic E-state index is 13.3. The first-order valence-electron chi connectivity index (χ1n) is 5.72. The molecule has 3 nitrogen and oxygen atoms in total. The Morgan fingerprint density at radius 2 is 2.06 bits per heavy atom. The van der Waals surface area contributed by atoms with Gasteiger partial charge in [0, 0.05) is 31.7 Å². The Balaban J connectivity index is 0.00000162. The number of para-hydroxylation sites is 1. The van der Waals surface area contributed by atoms with E-state index in [1.165, 1.54) is 0 Å². The fourth-order valence-corrected chi connectivity index (χ4v) is 2.55. The third-order valence-electron chi connectivity index (χ3n) is 3.12. The van der Waals surface area contributed by atoms with Gasteiger partial charge in [-0.2, -0.15) is 0 Å². The first-order chi connectivity index (χ1) is 8.24. The summed E-state index contributed by atoms with van der Waals surface area (Å²) in [6.45, 7) is 2.86. The standard InChI is InChI=1S/C12H16BrFN2O.ClH/c13-10-3-1-2-9(12(10)17)11(8-14)16-6-4-15-5-7-16;/h1-3,11,15,17H,4-8H2;1H/t11-;/m0./s1. The van der Waals surface area contributed by atoms with Crippen molar-refractivity contribution in [1.29, 1.82) is 0 Å². The molecule has 1 atom stereocenters. The third kappa shape index (κ3) is 3.35. The minimum absolute atomic E-state index is 0. The first-order valence-corrected chi connectivity index (χ1v) is 6.51. The summed E-state index contributed by atoms with van der Waals surface area (Å²) in [6.07, 6.45) is 0. The zero-order chi connectivity index (χ0) is 12.3. The second-order valence-electron chi connectivity index (χ2n) is 4.13. The van der Waals surface area contributed by atoms with E-state index in [1.807, 2.05) is 6.07 Å². The molecule has 0 spiro atoms. The first kappa shape index (κ1) is 15.7. The summed E-state index contributed by atoms with van der Waals surface area (Å²) in [5.41, 5.74) is 0.656. The number of hydrogen-bond acceptors (Lipinski definition) is 3. The molecule has 6 heteroatoms. The molecule has 1 aromatic rings. The predicted molar refractivity (Wildman–Crippen MR) is 76.2 cm³/mol. The van der Waals surface area contributed by atoms with Crippen molar-refractivity contribution in [2.24, 2.45) is 0 Å². The van der Waals surface area contributed by atoms with Crippen LogP contribution in [-0.4, -0.2) is 42.9 Å². The van der Waals surface area contributed by atoms with Gasteiger partial charge in [0.25, 0.3) is 0 Å². The molecular weight excluding hydrogens is 323 g/mol. The van der Waals surface area contributed by atoms with Crippen molar-refractivity contribution in [2.45, 2.75) is 6.04 Å². The Morgan fingerprint density at radius 1 is 1.39 bits per heavy atom. The highest BCUT2D eigenvalue weighted by Crippen LogP contribution is 2.34. The molecule has 0 bridgehead atoms. The van der Waals surface area contributed by atoms with Crippen LogP contribution in [0.1, 0.15) is 11.6 Å². The van der Waals surface area contributed by atoms with Crippen molar-refractivity contribution in [3.63, 3.8) is 0 Å². The summed E-state index contributed by atoms with van der Waals surface area (Å²) < 4.78 is 13.9. The molecule has 1 fully saturated rings. The molecule has 18 heavy (non-hydrogen) atoms. The maximum Gasteiger partial charge on any atom is 0.134 e. The number of phenolic OH excluding ortho intramolecular Hbond substituents is 1. The molecule has 0 aromatic heterocycles. The largest absolute Gasteiger partial charge is 0.506 e. The van der Waals surface area contributed by atoms with Gasteiger partial charge in [-0.3, -0.25) is 4.90 Å². The lowest BCUT2D eigenvalue weighted by Crippen LogP contribution is -2.45. The Labute approximate surface area is 121 Å². The lowest BCUT2D eigenvalue weighted by atomic mass is 10.0. The van der Waals surface area contributed by atoms with Gasteiger partial charge in [0.05, 0.1) is 10.5 Å². The van der Waals surface area contributed by atoms with Crippen LogP contribution >= 0.6 is 28.3 Å². The molecule has 0 radical (unpaired) electrons. The Morgan fingerprint density at radius 3 is 2.67 bits per heavy atom. The van der Waals surface area contributed by atoms with Crippen LogP contribution in [0.3, 0.4) is 0 Å². The molecule has 1 saturated heterocycles. The number of phenols is 1. The van der Waals surface area contributed by atoms with E-state index in [0.29, 0.717) is 10.0 Å². The second kappa shape index (κ2) is 7.28. The summed E-state index contributed by atoms with van der Waals surface area (Å²) in [5, 5.41) is 13.2. The van der Waals surface area contributed by atoms with Gasteiger partial charge < -0.3 is 10.4 Å². The van der Waals surface area contributed by atoms with Gasteiger partial charge in [0.2, 0.25) is 0 Å². The van der Waals surface area contributed by atoms with Gasteiger partial charge in [-0.05, 0) is 22.0 Å². The summed E-state index contributed by atoms with van der Waals surface area (Å²) in [7, 11) is 0. The van der Waals surface area contributed by atoms with Crippen molar-refractivity contribution in [3.8, 4) is 5.75 Å². The molecule has 0 aliphatic carbocycles. The van der Waals surface area contributed by atoms with Crippen molar-refractivity contribution in [1.82, 2.24) is 10.2 Å². The molecule has 2 N–H and O–H groups in total. The van der Waals surface area contributed by atoms with E-state index in [-0.39, 0.29) is 24.2 Å². The molecule has 0 amide bonds. The summed E-state index contributed by atoms with van der Waals surface area (Å²) in [5.74, 6) is 0.147. The van der Waals surface area contributed by atoms with Crippen LogP contribution in [0.15, 0.2) is 22.7 Å². The SMILES string of the molecule is Cl.Oc1c(Br)cccc1[C@H](CF)N1CCNCC1. The lowest BCUT2D eigenvalue weighted by molar-refractivity contribution is 0.145. The molecule has 1 heterocycles. The van der Waals surface area contributed by atoms with E-state index in [0.717, 1.165) is 26.2 Å². The number of piperazine rings is 1. The van der Waals surface area contributed by atoms with Crippen LogP contribution in [0.5, 0.6) is 5.75 Å². The average molecular weight is 340 g/mol. The van der Waals surface area contributed by atoms with Gasteiger partial charge in [0.1, 0.15) is 12.4 Å². The molecule has 102 valence electrons. The number of nitrogens with one attached hydrogen (secondary N) is 1. The van der Waals surface area contributed by atoms with Crippen LogP contribution < -0.4 is 5.32 Å². The highest BCUT2D eigenvalue weighted by molar-refractivity contribution is 9.10. The quantitative estimate of drug-likeness (QED) is 0.888.